The van der Waals surface area contributed by atoms with Crippen molar-refractivity contribution < 1.29 is 9.13 Å². The maximum absolute atomic E-state index is 13.7. The van der Waals surface area contributed by atoms with Gasteiger partial charge in [-0.15, -0.1) is 0 Å². The third-order valence-corrected chi connectivity index (χ3v) is 4.35. The molecular weight excluding hydrogens is 343 g/mol. The fourth-order valence-electron chi connectivity index (χ4n) is 2.80. The molecule has 6 heteroatoms. The Bertz CT molecular complexity index is 721. The molecule has 0 aliphatic heterocycles. The highest BCUT2D eigenvalue weighted by Crippen LogP contribution is 2.22. The van der Waals surface area contributed by atoms with E-state index in [4.69, 9.17) is 4.74 Å². The van der Waals surface area contributed by atoms with E-state index in [0.29, 0.717) is 24.3 Å². The maximum Gasteiger partial charge on any atom is 0.191 e. The van der Waals surface area contributed by atoms with Crippen LogP contribution in [0, 0.1) is 11.7 Å². The van der Waals surface area contributed by atoms with E-state index in [0.717, 1.165) is 6.54 Å². The molecule has 1 aromatic carbocycles. The van der Waals surface area contributed by atoms with Crippen LogP contribution in [-0.4, -0.2) is 37.2 Å². The van der Waals surface area contributed by atoms with E-state index in [1.165, 1.54) is 11.6 Å². The SMILES string of the molecule is CN=C(NCC(C)Oc1ccccc1F)NCC(c1cccnc1)C(C)C. The number of aromatic nitrogens is 1. The first-order valence-corrected chi connectivity index (χ1v) is 9.27. The van der Waals surface area contributed by atoms with Gasteiger partial charge in [0.25, 0.3) is 0 Å². The van der Waals surface area contributed by atoms with Crippen molar-refractivity contribution in [3.63, 3.8) is 0 Å². The number of nitrogens with zero attached hydrogens (tertiary/aromatic N) is 2. The molecule has 0 radical (unpaired) electrons. The highest BCUT2D eigenvalue weighted by Gasteiger charge is 2.17. The molecule has 27 heavy (non-hydrogen) atoms. The lowest BCUT2D eigenvalue weighted by Gasteiger charge is -2.23. The second kappa shape index (κ2) is 10.5. The summed E-state index contributed by atoms with van der Waals surface area (Å²) in [6.07, 6.45) is 3.48. The van der Waals surface area contributed by atoms with Gasteiger partial charge in [-0.05, 0) is 36.6 Å². The van der Waals surface area contributed by atoms with Gasteiger partial charge in [0.1, 0.15) is 6.10 Å². The molecule has 0 saturated heterocycles. The van der Waals surface area contributed by atoms with Gasteiger partial charge < -0.3 is 15.4 Å². The Labute approximate surface area is 161 Å². The van der Waals surface area contributed by atoms with Crippen LogP contribution in [0.25, 0.3) is 0 Å². The first kappa shape index (κ1) is 20.7. The number of guanidine groups is 1. The number of ether oxygens (including phenoxy) is 1. The van der Waals surface area contributed by atoms with E-state index >= 15 is 0 Å². The van der Waals surface area contributed by atoms with Crippen molar-refractivity contribution in [3.05, 3.63) is 60.2 Å². The molecule has 2 N–H and O–H groups in total. The van der Waals surface area contributed by atoms with Gasteiger partial charge in [0, 0.05) is 31.9 Å². The summed E-state index contributed by atoms with van der Waals surface area (Å²) < 4.78 is 19.3. The number of halogens is 1. The summed E-state index contributed by atoms with van der Waals surface area (Å²) in [6.45, 7) is 7.53. The molecule has 1 heterocycles. The number of benzene rings is 1. The monoisotopic (exact) mass is 372 g/mol. The summed E-state index contributed by atoms with van der Waals surface area (Å²) in [5, 5.41) is 6.59. The third kappa shape index (κ3) is 6.55. The molecule has 2 unspecified atom stereocenters. The lowest BCUT2D eigenvalue weighted by Crippen LogP contribution is -2.43. The van der Waals surface area contributed by atoms with Gasteiger partial charge in [-0.3, -0.25) is 9.98 Å². The average molecular weight is 372 g/mol. The summed E-state index contributed by atoms with van der Waals surface area (Å²) in [6, 6.07) is 10.5. The molecule has 0 saturated carbocycles. The van der Waals surface area contributed by atoms with E-state index in [1.807, 2.05) is 19.2 Å². The van der Waals surface area contributed by atoms with E-state index in [2.05, 4.69) is 40.5 Å². The Hall–Kier alpha value is -2.63. The van der Waals surface area contributed by atoms with E-state index in [9.17, 15) is 4.39 Å². The molecule has 5 nitrogen and oxygen atoms in total. The molecule has 0 fully saturated rings. The predicted molar refractivity (Wildman–Crippen MR) is 108 cm³/mol. The van der Waals surface area contributed by atoms with E-state index < -0.39 is 0 Å². The topological polar surface area (TPSA) is 58.5 Å². The van der Waals surface area contributed by atoms with Crippen LogP contribution in [-0.2, 0) is 0 Å². The van der Waals surface area contributed by atoms with Gasteiger partial charge in [0.15, 0.2) is 17.5 Å². The summed E-state index contributed by atoms with van der Waals surface area (Å²) in [5.74, 6) is 1.37. The summed E-state index contributed by atoms with van der Waals surface area (Å²) in [5.41, 5.74) is 1.20. The van der Waals surface area contributed by atoms with Crippen LogP contribution >= 0.6 is 0 Å². The van der Waals surface area contributed by atoms with Crippen molar-refractivity contribution in [2.45, 2.75) is 32.8 Å². The first-order valence-electron chi connectivity index (χ1n) is 9.27. The molecule has 2 atom stereocenters. The van der Waals surface area contributed by atoms with E-state index in [1.54, 1.807) is 31.4 Å². The maximum atomic E-state index is 13.7. The summed E-state index contributed by atoms with van der Waals surface area (Å²) in [7, 11) is 1.73. The van der Waals surface area contributed by atoms with Crippen LogP contribution in [0.3, 0.4) is 0 Å². The molecule has 1 aromatic heterocycles. The molecule has 0 aliphatic rings. The lowest BCUT2D eigenvalue weighted by atomic mass is 9.89. The second-order valence-electron chi connectivity index (χ2n) is 6.83. The number of pyridine rings is 1. The number of hydrogen-bond acceptors (Lipinski definition) is 3. The van der Waals surface area contributed by atoms with Crippen LogP contribution in [0.15, 0.2) is 53.8 Å². The van der Waals surface area contributed by atoms with Crippen molar-refractivity contribution in [1.82, 2.24) is 15.6 Å². The normalized spacial score (nSPS) is 13.9. The molecule has 0 bridgehead atoms. The van der Waals surface area contributed by atoms with Crippen LogP contribution < -0.4 is 15.4 Å². The number of aliphatic imine (C=N–C) groups is 1. The Morgan fingerprint density at radius 3 is 2.48 bits per heavy atom. The average Bonchev–Trinajstić information content (AvgIpc) is 2.67. The van der Waals surface area contributed by atoms with Gasteiger partial charge >= 0.3 is 0 Å². The minimum absolute atomic E-state index is 0.209. The number of rotatable bonds is 8. The highest BCUT2D eigenvalue weighted by molar-refractivity contribution is 5.79. The molecule has 146 valence electrons. The molecule has 0 amide bonds. The number of para-hydroxylation sites is 1. The number of hydrogen-bond donors (Lipinski definition) is 2. The Balaban J connectivity index is 1.85. The van der Waals surface area contributed by atoms with Gasteiger partial charge in [0.2, 0.25) is 0 Å². The Morgan fingerprint density at radius 2 is 1.85 bits per heavy atom. The second-order valence-corrected chi connectivity index (χ2v) is 6.83. The Kier molecular flexibility index (Phi) is 8.04. The van der Waals surface area contributed by atoms with Crippen LogP contribution in [0.5, 0.6) is 5.75 Å². The van der Waals surface area contributed by atoms with Crippen molar-refractivity contribution in [2.24, 2.45) is 10.9 Å². The van der Waals surface area contributed by atoms with E-state index in [-0.39, 0.29) is 17.7 Å². The zero-order chi connectivity index (χ0) is 19.6. The minimum Gasteiger partial charge on any atom is -0.486 e. The predicted octanol–water partition coefficient (Wildman–Crippen LogP) is 3.59. The zero-order valence-electron chi connectivity index (χ0n) is 16.4. The van der Waals surface area contributed by atoms with Crippen molar-refractivity contribution >= 4 is 5.96 Å². The molecular formula is C21H29FN4O. The fraction of sp³-hybridized carbons (Fsp3) is 0.429. The summed E-state index contributed by atoms with van der Waals surface area (Å²) in [4.78, 5) is 8.48. The van der Waals surface area contributed by atoms with Crippen molar-refractivity contribution in [2.75, 3.05) is 20.1 Å². The lowest BCUT2D eigenvalue weighted by molar-refractivity contribution is 0.214. The zero-order valence-corrected chi connectivity index (χ0v) is 16.4. The Morgan fingerprint density at radius 1 is 1.11 bits per heavy atom. The summed E-state index contributed by atoms with van der Waals surface area (Å²) >= 11 is 0. The van der Waals surface area contributed by atoms with Crippen molar-refractivity contribution in [1.29, 1.82) is 0 Å². The van der Waals surface area contributed by atoms with Crippen LogP contribution in [0.2, 0.25) is 0 Å². The van der Waals surface area contributed by atoms with Gasteiger partial charge in [-0.1, -0.05) is 32.0 Å². The van der Waals surface area contributed by atoms with Gasteiger partial charge in [-0.25, -0.2) is 4.39 Å². The smallest absolute Gasteiger partial charge is 0.191 e. The molecule has 2 rings (SSSR count). The van der Waals surface area contributed by atoms with Crippen LogP contribution in [0.1, 0.15) is 32.3 Å². The first-order chi connectivity index (χ1) is 13.0. The third-order valence-electron chi connectivity index (χ3n) is 4.35. The van der Waals surface area contributed by atoms with Crippen LogP contribution in [0.4, 0.5) is 4.39 Å². The minimum atomic E-state index is -0.358. The molecule has 0 aliphatic carbocycles. The molecule has 2 aromatic rings. The largest absolute Gasteiger partial charge is 0.486 e. The van der Waals surface area contributed by atoms with Crippen molar-refractivity contribution in [3.8, 4) is 5.75 Å². The fourth-order valence-corrected chi connectivity index (χ4v) is 2.80. The highest BCUT2D eigenvalue weighted by atomic mass is 19.1. The quantitative estimate of drug-likeness (QED) is 0.549. The standard InChI is InChI=1S/C21H29FN4O/c1-15(2)18(17-8-7-11-24-13-17)14-26-21(23-4)25-12-16(3)27-20-10-6-5-9-19(20)22/h5-11,13,15-16,18H,12,14H2,1-4H3,(H2,23,25,26). The van der Waals surface area contributed by atoms with Gasteiger partial charge in [-0.2, -0.15) is 0 Å². The van der Waals surface area contributed by atoms with Gasteiger partial charge in [0.05, 0.1) is 6.54 Å². The number of nitrogens with one attached hydrogen (secondary N) is 2. The molecule has 0 spiro atoms.